The lowest BCUT2D eigenvalue weighted by Crippen LogP contribution is -2.17. The van der Waals surface area contributed by atoms with E-state index in [1.165, 1.54) is 18.2 Å². The van der Waals surface area contributed by atoms with Gasteiger partial charge in [-0.25, -0.2) is 0 Å². The van der Waals surface area contributed by atoms with E-state index < -0.39 is 6.36 Å². The maximum Gasteiger partial charge on any atom is 0.573 e. The fraction of sp³-hybridized carbons (Fsp3) is 0.0625. The molecular weight excluding hydrogens is 281 g/mol. The summed E-state index contributed by atoms with van der Waals surface area (Å²) in [4.78, 5) is 11.9. The van der Waals surface area contributed by atoms with Gasteiger partial charge in [0.25, 0.3) is 0 Å². The summed E-state index contributed by atoms with van der Waals surface area (Å²) in [5.41, 5.74) is 1.15. The summed E-state index contributed by atoms with van der Waals surface area (Å²) < 4.78 is 39.8. The van der Waals surface area contributed by atoms with Gasteiger partial charge in [0.2, 0.25) is 0 Å². The molecule has 0 unspecified atom stereocenters. The van der Waals surface area contributed by atoms with Gasteiger partial charge < -0.3 is 4.74 Å². The maximum absolute atomic E-state index is 12.0. The molecule has 0 bridgehead atoms. The molecule has 0 spiro atoms. The van der Waals surface area contributed by atoms with Gasteiger partial charge in [0.1, 0.15) is 5.75 Å². The molecule has 2 rings (SSSR count). The molecule has 0 atom stereocenters. The van der Waals surface area contributed by atoms with Gasteiger partial charge in [-0.2, -0.15) is 0 Å². The number of hydrogen-bond donors (Lipinski definition) is 0. The van der Waals surface area contributed by atoms with Crippen molar-refractivity contribution in [2.24, 2.45) is 0 Å². The summed E-state index contributed by atoms with van der Waals surface area (Å²) in [5, 5.41) is 0. The average molecular weight is 292 g/mol. The Balaban J connectivity index is 2.05. The molecule has 0 aliphatic heterocycles. The van der Waals surface area contributed by atoms with Crippen LogP contribution in [0.2, 0.25) is 0 Å². The van der Waals surface area contributed by atoms with Gasteiger partial charge in [0.15, 0.2) is 5.78 Å². The van der Waals surface area contributed by atoms with E-state index in [-0.39, 0.29) is 17.1 Å². The van der Waals surface area contributed by atoms with Crippen LogP contribution in [0.1, 0.15) is 15.9 Å². The SMILES string of the molecule is O=C(/C=C/c1ccccc1)c1ccc(OC(F)(F)F)cc1. The number of halogens is 3. The van der Waals surface area contributed by atoms with E-state index in [4.69, 9.17) is 0 Å². The van der Waals surface area contributed by atoms with Crippen LogP contribution in [0.4, 0.5) is 13.2 Å². The number of ketones is 1. The number of carbonyl (C=O) groups is 1. The minimum absolute atomic E-state index is 0.289. The van der Waals surface area contributed by atoms with Crippen molar-refractivity contribution in [1.82, 2.24) is 0 Å². The summed E-state index contributed by atoms with van der Waals surface area (Å²) in [6.45, 7) is 0. The van der Waals surface area contributed by atoms with Gasteiger partial charge in [-0.3, -0.25) is 4.79 Å². The second kappa shape index (κ2) is 6.26. The highest BCUT2D eigenvalue weighted by Gasteiger charge is 2.30. The number of hydrogen-bond acceptors (Lipinski definition) is 2. The summed E-state index contributed by atoms with van der Waals surface area (Å²) >= 11 is 0. The first kappa shape index (κ1) is 14.8. The first-order chi connectivity index (χ1) is 9.94. The van der Waals surface area contributed by atoms with Gasteiger partial charge in [-0.05, 0) is 35.9 Å². The molecule has 0 N–H and O–H groups in total. The van der Waals surface area contributed by atoms with Crippen LogP contribution >= 0.6 is 0 Å². The Kier molecular flexibility index (Phi) is 4.42. The lowest BCUT2D eigenvalue weighted by Gasteiger charge is -2.08. The van der Waals surface area contributed by atoms with E-state index in [1.54, 1.807) is 6.08 Å². The average Bonchev–Trinajstić information content (AvgIpc) is 2.45. The first-order valence-corrected chi connectivity index (χ1v) is 6.07. The van der Waals surface area contributed by atoms with Gasteiger partial charge in [0.05, 0.1) is 0 Å². The molecule has 108 valence electrons. The molecule has 2 aromatic rings. The Morgan fingerprint density at radius 2 is 1.57 bits per heavy atom. The fourth-order valence-electron chi connectivity index (χ4n) is 1.65. The van der Waals surface area contributed by atoms with Gasteiger partial charge in [-0.15, -0.1) is 13.2 Å². The molecule has 5 heteroatoms. The van der Waals surface area contributed by atoms with E-state index in [9.17, 15) is 18.0 Å². The predicted octanol–water partition coefficient (Wildman–Crippen LogP) is 4.48. The van der Waals surface area contributed by atoms with Gasteiger partial charge >= 0.3 is 6.36 Å². The molecule has 21 heavy (non-hydrogen) atoms. The smallest absolute Gasteiger partial charge is 0.406 e. The molecule has 0 aliphatic rings. The van der Waals surface area contributed by atoms with Crippen molar-refractivity contribution in [3.05, 3.63) is 71.8 Å². The molecule has 0 aliphatic carbocycles. The summed E-state index contributed by atoms with van der Waals surface area (Å²) in [6.07, 6.45) is -1.73. The minimum Gasteiger partial charge on any atom is -0.406 e. The van der Waals surface area contributed by atoms with Crippen molar-refractivity contribution < 1.29 is 22.7 Å². The lowest BCUT2D eigenvalue weighted by molar-refractivity contribution is -0.274. The largest absolute Gasteiger partial charge is 0.573 e. The second-order valence-electron chi connectivity index (χ2n) is 4.18. The van der Waals surface area contributed by atoms with Crippen LogP contribution in [-0.4, -0.2) is 12.1 Å². The number of alkyl halides is 3. The zero-order valence-electron chi connectivity index (χ0n) is 10.8. The topological polar surface area (TPSA) is 26.3 Å². The first-order valence-electron chi connectivity index (χ1n) is 6.07. The zero-order chi connectivity index (χ0) is 15.3. The third kappa shape index (κ3) is 4.80. The van der Waals surface area contributed by atoms with Crippen molar-refractivity contribution in [3.63, 3.8) is 0 Å². The van der Waals surface area contributed by atoms with Crippen LogP contribution in [0.3, 0.4) is 0 Å². The molecule has 0 saturated carbocycles. The van der Waals surface area contributed by atoms with Crippen LogP contribution in [0.25, 0.3) is 6.08 Å². The van der Waals surface area contributed by atoms with Crippen molar-refractivity contribution in [3.8, 4) is 5.75 Å². The summed E-state index contributed by atoms with van der Waals surface area (Å²) in [5.74, 6) is -0.650. The van der Waals surface area contributed by atoms with E-state index in [2.05, 4.69) is 4.74 Å². The highest BCUT2D eigenvalue weighted by atomic mass is 19.4. The van der Waals surface area contributed by atoms with E-state index >= 15 is 0 Å². The van der Waals surface area contributed by atoms with Crippen LogP contribution in [0.15, 0.2) is 60.7 Å². The second-order valence-corrected chi connectivity index (χ2v) is 4.18. The van der Waals surface area contributed by atoms with E-state index in [1.807, 2.05) is 30.3 Å². The molecule has 0 heterocycles. The Bertz CT molecular complexity index is 629. The number of allylic oxidation sites excluding steroid dienone is 1. The maximum atomic E-state index is 12.0. The van der Waals surface area contributed by atoms with Crippen LogP contribution in [0, 0.1) is 0 Å². The monoisotopic (exact) mass is 292 g/mol. The number of rotatable bonds is 4. The number of benzene rings is 2. The van der Waals surface area contributed by atoms with Crippen molar-refractivity contribution in [2.45, 2.75) is 6.36 Å². The Hall–Kier alpha value is -2.56. The molecule has 0 radical (unpaired) electrons. The quantitative estimate of drug-likeness (QED) is 0.613. The summed E-state index contributed by atoms with van der Waals surface area (Å²) in [6, 6.07) is 14.0. The van der Waals surface area contributed by atoms with Crippen molar-refractivity contribution in [2.75, 3.05) is 0 Å². The molecular formula is C16H11F3O2. The van der Waals surface area contributed by atoms with E-state index in [0.29, 0.717) is 0 Å². The molecule has 0 amide bonds. The third-order valence-electron chi connectivity index (χ3n) is 2.60. The standard InChI is InChI=1S/C16H11F3O2/c17-16(18,19)21-14-9-7-13(8-10-14)15(20)11-6-12-4-2-1-3-5-12/h1-11H/b11-6+. The number of carbonyl (C=O) groups excluding carboxylic acids is 1. The molecule has 2 nitrogen and oxygen atoms in total. The Morgan fingerprint density at radius 3 is 2.14 bits per heavy atom. The van der Waals surface area contributed by atoms with Crippen molar-refractivity contribution in [1.29, 1.82) is 0 Å². The lowest BCUT2D eigenvalue weighted by atomic mass is 10.1. The van der Waals surface area contributed by atoms with Crippen LogP contribution in [0.5, 0.6) is 5.75 Å². The molecule has 0 fully saturated rings. The zero-order valence-corrected chi connectivity index (χ0v) is 10.8. The Morgan fingerprint density at radius 1 is 0.952 bits per heavy atom. The molecule has 0 saturated heterocycles. The van der Waals surface area contributed by atoms with E-state index in [0.717, 1.165) is 17.7 Å². The van der Waals surface area contributed by atoms with Crippen LogP contribution in [-0.2, 0) is 0 Å². The Labute approximate surface area is 119 Å². The molecule has 0 aromatic heterocycles. The van der Waals surface area contributed by atoms with Crippen LogP contribution < -0.4 is 4.74 Å². The predicted molar refractivity (Wildman–Crippen MR) is 72.9 cm³/mol. The number of ether oxygens (including phenoxy) is 1. The highest BCUT2D eigenvalue weighted by Crippen LogP contribution is 2.22. The summed E-state index contributed by atoms with van der Waals surface area (Å²) in [7, 11) is 0. The van der Waals surface area contributed by atoms with Crippen molar-refractivity contribution >= 4 is 11.9 Å². The highest BCUT2D eigenvalue weighted by molar-refractivity contribution is 6.06. The molecule has 2 aromatic carbocycles. The third-order valence-corrected chi connectivity index (χ3v) is 2.60. The minimum atomic E-state index is -4.74. The normalized spacial score (nSPS) is 11.6. The van der Waals surface area contributed by atoms with Gasteiger partial charge in [-0.1, -0.05) is 36.4 Å². The fourth-order valence-corrected chi connectivity index (χ4v) is 1.65. The van der Waals surface area contributed by atoms with Gasteiger partial charge in [0, 0.05) is 5.56 Å².